The van der Waals surface area contributed by atoms with Crippen molar-refractivity contribution in [2.45, 2.75) is 0 Å². The molecule has 0 atom stereocenters. The van der Waals surface area contributed by atoms with Crippen LogP contribution in [0.1, 0.15) is 5.56 Å². The molecule has 4 nitrogen and oxygen atoms in total. The molecule has 1 aromatic carbocycles. The van der Waals surface area contributed by atoms with Gasteiger partial charge in [-0.05, 0) is 23.8 Å². The molecule has 0 aromatic heterocycles. The fourth-order valence-electron chi connectivity index (χ4n) is 1.29. The summed E-state index contributed by atoms with van der Waals surface area (Å²) in [6.07, 6.45) is 3.87. The van der Waals surface area contributed by atoms with Crippen LogP contribution in [0.3, 0.4) is 0 Å². The van der Waals surface area contributed by atoms with Crippen molar-refractivity contribution in [2.75, 3.05) is 27.4 Å². The summed E-state index contributed by atoms with van der Waals surface area (Å²) in [5, 5.41) is 0. The van der Waals surface area contributed by atoms with Gasteiger partial charge in [0.2, 0.25) is 0 Å². The minimum absolute atomic E-state index is 0.469. The summed E-state index contributed by atoms with van der Waals surface area (Å²) >= 11 is 0. The van der Waals surface area contributed by atoms with Crippen LogP contribution in [0, 0.1) is 0 Å². The molecule has 1 aromatic rings. The molecule has 0 saturated heterocycles. The Bertz CT molecular complexity index is 385. The number of hydrogen-bond donors (Lipinski definition) is 0. The molecule has 1 rings (SSSR count). The number of ether oxygens (including phenoxy) is 3. The first-order valence-electron chi connectivity index (χ1n) is 5.23. The second-order valence-electron chi connectivity index (χ2n) is 3.25. The van der Waals surface area contributed by atoms with Crippen LogP contribution in [-0.2, 0) is 9.53 Å². The summed E-state index contributed by atoms with van der Waals surface area (Å²) in [7, 11) is 3.19. The first kappa shape index (κ1) is 13.3. The number of aldehydes is 1. The third-order valence-corrected chi connectivity index (χ3v) is 2.10. The smallest absolute Gasteiger partial charge is 0.161 e. The summed E-state index contributed by atoms with van der Waals surface area (Å²) in [5.74, 6) is 1.29. The monoisotopic (exact) mass is 236 g/mol. The Morgan fingerprint density at radius 3 is 2.65 bits per heavy atom. The third-order valence-electron chi connectivity index (χ3n) is 2.10. The maximum absolute atomic E-state index is 10.2. The average molecular weight is 236 g/mol. The molecule has 0 radical (unpaired) electrons. The Labute approximate surface area is 101 Å². The van der Waals surface area contributed by atoms with E-state index in [1.165, 1.54) is 6.08 Å². The van der Waals surface area contributed by atoms with Crippen LogP contribution in [0.2, 0.25) is 0 Å². The molecule has 0 fully saturated rings. The largest absolute Gasteiger partial charge is 0.493 e. The third kappa shape index (κ3) is 4.28. The number of carbonyl (C=O) groups excluding carboxylic acids is 1. The average Bonchev–Trinajstić information content (AvgIpc) is 2.37. The number of benzene rings is 1. The minimum Gasteiger partial charge on any atom is -0.493 e. The van der Waals surface area contributed by atoms with Crippen LogP contribution in [-0.4, -0.2) is 33.7 Å². The minimum atomic E-state index is 0.469. The van der Waals surface area contributed by atoms with Gasteiger partial charge in [0.15, 0.2) is 11.5 Å². The zero-order valence-electron chi connectivity index (χ0n) is 10.0. The van der Waals surface area contributed by atoms with Crippen molar-refractivity contribution in [1.29, 1.82) is 0 Å². The van der Waals surface area contributed by atoms with Gasteiger partial charge in [0.05, 0.1) is 13.7 Å². The summed E-state index contributed by atoms with van der Waals surface area (Å²) in [4.78, 5) is 10.2. The molecular formula is C13H16O4. The summed E-state index contributed by atoms with van der Waals surface area (Å²) < 4.78 is 15.6. The van der Waals surface area contributed by atoms with Crippen LogP contribution in [0.25, 0.3) is 6.08 Å². The lowest BCUT2D eigenvalue weighted by molar-refractivity contribution is -0.104. The Balaban J connectivity index is 2.77. The van der Waals surface area contributed by atoms with Crippen LogP contribution < -0.4 is 9.47 Å². The molecule has 0 aliphatic carbocycles. The molecule has 0 heterocycles. The zero-order valence-corrected chi connectivity index (χ0v) is 10.0. The SMILES string of the molecule is COCCOc1ccc(C=CC=O)cc1OC. The molecule has 92 valence electrons. The number of allylic oxidation sites excluding steroid dienone is 1. The predicted molar refractivity (Wildman–Crippen MR) is 65.5 cm³/mol. The Morgan fingerprint density at radius 2 is 2.00 bits per heavy atom. The zero-order chi connectivity index (χ0) is 12.5. The highest BCUT2D eigenvalue weighted by atomic mass is 16.5. The van der Waals surface area contributed by atoms with Crippen LogP contribution >= 0.6 is 0 Å². The summed E-state index contributed by atoms with van der Waals surface area (Å²) in [6.45, 7) is 0.992. The first-order chi connectivity index (χ1) is 8.31. The van der Waals surface area contributed by atoms with E-state index in [-0.39, 0.29) is 0 Å². The van der Waals surface area contributed by atoms with Gasteiger partial charge >= 0.3 is 0 Å². The van der Waals surface area contributed by atoms with Crippen molar-refractivity contribution in [3.63, 3.8) is 0 Å². The van der Waals surface area contributed by atoms with Crippen molar-refractivity contribution in [3.05, 3.63) is 29.8 Å². The van der Waals surface area contributed by atoms with E-state index >= 15 is 0 Å². The molecule has 0 saturated carbocycles. The van der Waals surface area contributed by atoms with E-state index in [0.717, 1.165) is 11.8 Å². The van der Waals surface area contributed by atoms with Crippen molar-refractivity contribution < 1.29 is 19.0 Å². The maximum Gasteiger partial charge on any atom is 0.161 e. The van der Waals surface area contributed by atoms with Gasteiger partial charge in [-0.25, -0.2) is 0 Å². The Kier molecular flexibility index (Phi) is 5.82. The highest BCUT2D eigenvalue weighted by molar-refractivity contribution is 5.74. The van der Waals surface area contributed by atoms with Gasteiger partial charge in [-0.15, -0.1) is 0 Å². The standard InChI is InChI=1S/C13H16O4/c1-15-8-9-17-12-6-5-11(4-3-7-14)10-13(12)16-2/h3-7,10H,8-9H2,1-2H3. The molecule has 0 unspecified atom stereocenters. The van der Waals surface area contributed by atoms with E-state index in [1.807, 2.05) is 12.1 Å². The molecule has 0 bridgehead atoms. The lowest BCUT2D eigenvalue weighted by Crippen LogP contribution is -2.05. The van der Waals surface area contributed by atoms with E-state index in [9.17, 15) is 4.79 Å². The van der Waals surface area contributed by atoms with Crippen molar-refractivity contribution in [3.8, 4) is 11.5 Å². The quantitative estimate of drug-likeness (QED) is 0.412. The molecule has 17 heavy (non-hydrogen) atoms. The molecule has 0 aliphatic rings. The summed E-state index contributed by atoms with van der Waals surface area (Å²) in [6, 6.07) is 5.46. The highest BCUT2D eigenvalue weighted by Crippen LogP contribution is 2.28. The van der Waals surface area contributed by atoms with E-state index in [1.54, 1.807) is 26.4 Å². The topological polar surface area (TPSA) is 44.8 Å². The van der Waals surface area contributed by atoms with Crippen molar-refractivity contribution >= 4 is 12.4 Å². The van der Waals surface area contributed by atoms with Crippen molar-refractivity contribution in [1.82, 2.24) is 0 Å². The fraction of sp³-hybridized carbons (Fsp3) is 0.308. The molecule has 0 aliphatic heterocycles. The Morgan fingerprint density at radius 1 is 1.18 bits per heavy atom. The van der Waals surface area contributed by atoms with E-state index in [0.29, 0.717) is 24.7 Å². The first-order valence-corrected chi connectivity index (χ1v) is 5.23. The second kappa shape index (κ2) is 7.46. The number of carbonyl (C=O) groups is 1. The van der Waals surface area contributed by atoms with Gasteiger partial charge < -0.3 is 14.2 Å². The lowest BCUT2D eigenvalue weighted by atomic mass is 10.2. The molecule has 0 amide bonds. The lowest BCUT2D eigenvalue weighted by Gasteiger charge is -2.10. The van der Waals surface area contributed by atoms with Crippen molar-refractivity contribution in [2.24, 2.45) is 0 Å². The number of rotatable bonds is 7. The van der Waals surface area contributed by atoms with E-state index in [4.69, 9.17) is 14.2 Å². The molecule has 0 spiro atoms. The maximum atomic E-state index is 10.2. The summed E-state index contributed by atoms with van der Waals surface area (Å²) in [5.41, 5.74) is 0.882. The Hall–Kier alpha value is -1.81. The van der Waals surface area contributed by atoms with Gasteiger partial charge in [-0.3, -0.25) is 4.79 Å². The molecule has 0 N–H and O–H groups in total. The van der Waals surface area contributed by atoms with E-state index in [2.05, 4.69) is 0 Å². The van der Waals surface area contributed by atoms with Gasteiger partial charge in [0.25, 0.3) is 0 Å². The molecular weight excluding hydrogens is 220 g/mol. The number of hydrogen-bond acceptors (Lipinski definition) is 4. The predicted octanol–water partition coefficient (Wildman–Crippen LogP) is 1.93. The van der Waals surface area contributed by atoms with Crippen LogP contribution in [0.5, 0.6) is 11.5 Å². The second-order valence-corrected chi connectivity index (χ2v) is 3.25. The van der Waals surface area contributed by atoms with Gasteiger partial charge in [-0.2, -0.15) is 0 Å². The van der Waals surface area contributed by atoms with Gasteiger partial charge in [0.1, 0.15) is 12.9 Å². The van der Waals surface area contributed by atoms with Gasteiger partial charge in [0, 0.05) is 7.11 Å². The van der Waals surface area contributed by atoms with E-state index < -0.39 is 0 Å². The highest BCUT2D eigenvalue weighted by Gasteiger charge is 2.04. The van der Waals surface area contributed by atoms with Gasteiger partial charge in [-0.1, -0.05) is 12.1 Å². The molecule has 4 heteroatoms. The fourth-order valence-corrected chi connectivity index (χ4v) is 1.29. The van der Waals surface area contributed by atoms with Crippen LogP contribution in [0.4, 0.5) is 0 Å². The normalized spacial score (nSPS) is 10.5. The van der Waals surface area contributed by atoms with Crippen LogP contribution in [0.15, 0.2) is 24.3 Å². The number of methoxy groups -OCH3 is 2.